The van der Waals surface area contributed by atoms with Crippen LogP contribution in [0, 0.1) is 12.3 Å². The van der Waals surface area contributed by atoms with Crippen molar-refractivity contribution in [3.63, 3.8) is 0 Å². The van der Waals surface area contributed by atoms with Crippen LogP contribution in [0.5, 0.6) is 5.75 Å². The summed E-state index contributed by atoms with van der Waals surface area (Å²) in [5.41, 5.74) is 0.161. The molecule has 0 radical (unpaired) electrons. The van der Waals surface area contributed by atoms with Crippen molar-refractivity contribution in [1.82, 2.24) is 5.32 Å². The summed E-state index contributed by atoms with van der Waals surface area (Å²) < 4.78 is 28.8. The minimum atomic E-state index is -2.82. The molecule has 0 bridgehead atoms. The zero-order valence-electron chi connectivity index (χ0n) is 9.84. The number of halogens is 2. The molecular formula is C13H15F2NO. The Hall–Kier alpha value is -1.60. The SMILES string of the molecule is C#CC(C)(C)NCc1ccccc1OC(F)F. The number of alkyl halides is 2. The molecule has 0 aliphatic heterocycles. The van der Waals surface area contributed by atoms with Crippen LogP contribution >= 0.6 is 0 Å². The summed E-state index contributed by atoms with van der Waals surface area (Å²) in [6, 6.07) is 6.63. The van der Waals surface area contributed by atoms with Gasteiger partial charge in [-0.25, -0.2) is 0 Å². The van der Waals surface area contributed by atoms with E-state index in [9.17, 15) is 8.78 Å². The van der Waals surface area contributed by atoms with Crippen molar-refractivity contribution >= 4 is 0 Å². The van der Waals surface area contributed by atoms with Gasteiger partial charge in [-0.2, -0.15) is 8.78 Å². The van der Waals surface area contributed by atoms with Gasteiger partial charge in [0.2, 0.25) is 0 Å². The van der Waals surface area contributed by atoms with Crippen molar-refractivity contribution in [3.8, 4) is 18.1 Å². The highest BCUT2D eigenvalue weighted by Gasteiger charge is 2.14. The number of ether oxygens (including phenoxy) is 1. The molecule has 2 nitrogen and oxygen atoms in total. The maximum atomic E-state index is 12.2. The molecule has 0 heterocycles. The molecule has 1 N–H and O–H groups in total. The van der Waals surface area contributed by atoms with Crippen LogP contribution < -0.4 is 10.1 Å². The Morgan fingerprint density at radius 3 is 2.65 bits per heavy atom. The van der Waals surface area contributed by atoms with Crippen molar-refractivity contribution in [2.24, 2.45) is 0 Å². The Morgan fingerprint density at radius 2 is 2.06 bits per heavy atom. The number of benzene rings is 1. The minimum Gasteiger partial charge on any atom is -0.434 e. The van der Waals surface area contributed by atoms with Crippen molar-refractivity contribution in [2.45, 2.75) is 32.5 Å². The molecule has 0 fully saturated rings. The molecule has 0 amide bonds. The fourth-order valence-corrected chi connectivity index (χ4v) is 1.23. The van der Waals surface area contributed by atoms with Gasteiger partial charge in [0, 0.05) is 12.1 Å². The highest BCUT2D eigenvalue weighted by atomic mass is 19.3. The zero-order chi connectivity index (χ0) is 12.9. The first kappa shape index (κ1) is 13.5. The third kappa shape index (κ3) is 4.41. The molecule has 92 valence electrons. The number of rotatable bonds is 5. The molecule has 0 unspecified atom stereocenters. The fraction of sp³-hybridized carbons (Fsp3) is 0.385. The first-order valence-corrected chi connectivity index (χ1v) is 5.20. The van der Waals surface area contributed by atoms with Crippen molar-refractivity contribution in [1.29, 1.82) is 0 Å². The third-order valence-electron chi connectivity index (χ3n) is 2.27. The van der Waals surface area contributed by atoms with Gasteiger partial charge in [0.05, 0.1) is 5.54 Å². The second-order valence-corrected chi connectivity index (χ2v) is 4.11. The molecule has 0 saturated carbocycles. The number of hydrogen-bond donors (Lipinski definition) is 1. The highest BCUT2D eigenvalue weighted by molar-refractivity contribution is 5.33. The third-order valence-corrected chi connectivity index (χ3v) is 2.27. The molecule has 0 aliphatic rings. The second kappa shape index (κ2) is 5.65. The summed E-state index contributed by atoms with van der Waals surface area (Å²) in [6.07, 6.45) is 5.33. The van der Waals surface area contributed by atoms with Gasteiger partial charge in [-0.05, 0) is 19.9 Å². The second-order valence-electron chi connectivity index (χ2n) is 4.11. The summed E-state index contributed by atoms with van der Waals surface area (Å²) in [5, 5.41) is 3.08. The average Bonchev–Trinajstić information content (AvgIpc) is 2.27. The van der Waals surface area contributed by atoms with E-state index >= 15 is 0 Å². The van der Waals surface area contributed by atoms with Gasteiger partial charge < -0.3 is 4.74 Å². The number of para-hydroxylation sites is 1. The van der Waals surface area contributed by atoms with E-state index in [0.29, 0.717) is 12.1 Å². The normalized spacial score (nSPS) is 11.3. The molecule has 1 aromatic carbocycles. The van der Waals surface area contributed by atoms with Gasteiger partial charge in [-0.15, -0.1) is 6.42 Å². The first-order valence-electron chi connectivity index (χ1n) is 5.20. The van der Waals surface area contributed by atoms with Crippen LogP contribution in [-0.4, -0.2) is 12.2 Å². The molecular weight excluding hydrogens is 224 g/mol. The lowest BCUT2D eigenvalue weighted by Crippen LogP contribution is -2.37. The summed E-state index contributed by atoms with van der Waals surface area (Å²) >= 11 is 0. The molecule has 4 heteroatoms. The highest BCUT2D eigenvalue weighted by Crippen LogP contribution is 2.20. The number of terminal acetylenes is 1. The van der Waals surface area contributed by atoms with Crippen LogP contribution in [0.3, 0.4) is 0 Å². The van der Waals surface area contributed by atoms with Gasteiger partial charge in [0.15, 0.2) is 0 Å². The van der Waals surface area contributed by atoms with E-state index in [2.05, 4.69) is 16.0 Å². The van der Waals surface area contributed by atoms with E-state index in [1.165, 1.54) is 6.07 Å². The molecule has 0 aliphatic carbocycles. The first-order chi connectivity index (χ1) is 7.94. The lowest BCUT2D eigenvalue weighted by molar-refractivity contribution is -0.0505. The van der Waals surface area contributed by atoms with Gasteiger partial charge in [-0.1, -0.05) is 24.1 Å². The van der Waals surface area contributed by atoms with Crippen LogP contribution in [0.4, 0.5) is 8.78 Å². The molecule has 0 saturated heterocycles. The molecule has 1 rings (SSSR count). The van der Waals surface area contributed by atoms with Crippen LogP contribution in [0.15, 0.2) is 24.3 Å². The molecule has 1 aromatic rings. The molecule has 0 aromatic heterocycles. The van der Waals surface area contributed by atoms with Crippen LogP contribution in [0.1, 0.15) is 19.4 Å². The summed E-state index contributed by atoms with van der Waals surface area (Å²) in [7, 11) is 0. The van der Waals surface area contributed by atoms with Crippen molar-refractivity contribution in [2.75, 3.05) is 0 Å². The van der Waals surface area contributed by atoms with E-state index < -0.39 is 12.2 Å². The lowest BCUT2D eigenvalue weighted by Gasteiger charge is -2.20. The lowest BCUT2D eigenvalue weighted by atomic mass is 10.1. The predicted molar refractivity (Wildman–Crippen MR) is 62.8 cm³/mol. The Bertz CT molecular complexity index is 410. The molecule has 17 heavy (non-hydrogen) atoms. The number of nitrogens with one attached hydrogen (secondary N) is 1. The van der Waals surface area contributed by atoms with E-state index in [-0.39, 0.29) is 5.75 Å². The molecule has 0 spiro atoms. The maximum Gasteiger partial charge on any atom is 0.387 e. The van der Waals surface area contributed by atoms with E-state index in [1.54, 1.807) is 18.2 Å². The van der Waals surface area contributed by atoms with Gasteiger partial charge >= 0.3 is 6.61 Å². The van der Waals surface area contributed by atoms with E-state index in [4.69, 9.17) is 6.42 Å². The minimum absolute atomic E-state index is 0.169. The Morgan fingerprint density at radius 1 is 1.41 bits per heavy atom. The quantitative estimate of drug-likeness (QED) is 0.798. The van der Waals surface area contributed by atoms with Gasteiger partial charge in [-0.3, -0.25) is 5.32 Å². The predicted octanol–water partition coefficient (Wildman–Crippen LogP) is 2.79. The smallest absolute Gasteiger partial charge is 0.387 e. The van der Waals surface area contributed by atoms with Gasteiger partial charge in [0.25, 0.3) is 0 Å². The van der Waals surface area contributed by atoms with Gasteiger partial charge in [0.1, 0.15) is 5.75 Å². The summed E-state index contributed by atoms with van der Waals surface area (Å²) in [5.74, 6) is 2.74. The average molecular weight is 239 g/mol. The topological polar surface area (TPSA) is 21.3 Å². The van der Waals surface area contributed by atoms with Crippen LogP contribution in [-0.2, 0) is 6.54 Å². The van der Waals surface area contributed by atoms with Crippen LogP contribution in [0.2, 0.25) is 0 Å². The standard InChI is InChI=1S/C13H15F2NO/c1-4-13(2,3)16-9-10-7-5-6-8-11(10)17-12(14)15/h1,5-8,12,16H,9H2,2-3H3. The summed E-state index contributed by atoms with van der Waals surface area (Å²) in [6.45, 7) is 1.23. The molecule has 0 atom stereocenters. The van der Waals surface area contributed by atoms with Crippen LogP contribution in [0.25, 0.3) is 0 Å². The zero-order valence-corrected chi connectivity index (χ0v) is 9.84. The number of hydrogen-bond acceptors (Lipinski definition) is 2. The van der Waals surface area contributed by atoms with Crippen molar-refractivity contribution in [3.05, 3.63) is 29.8 Å². The van der Waals surface area contributed by atoms with E-state index in [1.807, 2.05) is 13.8 Å². The Labute approximate surface area is 100.0 Å². The maximum absolute atomic E-state index is 12.2. The van der Waals surface area contributed by atoms with E-state index in [0.717, 1.165) is 0 Å². The summed E-state index contributed by atoms with van der Waals surface area (Å²) in [4.78, 5) is 0. The fourth-order valence-electron chi connectivity index (χ4n) is 1.23. The monoisotopic (exact) mass is 239 g/mol. The Balaban J connectivity index is 2.74. The van der Waals surface area contributed by atoms with Crippen molar-refractivity contribution < 1.29 is 13.5 Å². The Kier molecular flexibility index (Phi) is 4.47. The largest absolute Gasteiger partial charge is 0.434 e.